The van der Waals surface area contributed by atoms with E-state index in [1.54, 1.807) is 146 Å². The first kappa shape index (κ1) is 96.6. The van der Waals surface area contributed by atoms with Gasteiger partial charge in [-0.25, -0.2) is 0 Å². The van der Waals surface area contributed by atoms with Crippen LogP contribution in [0.4, 0.5) is 11.4 Å². The van der Waals surface area contributed by atoms with Gasteiger partial charge in [0.25, 0.3) is 11.8 Å². The first-order valence-corrected chi connectivity index (χ1v) is 43.9. The molecule has 13 amide bonds. The molecule has 8 atom stereocenters. The molecule has 2 aliphatic rings. The fraction of sp³-hybridized carbons (Fsp3) is 0.378. The molecule has 8 aromatic rings. The Hall–Kier alpha value is -13.6. The molecule has 676 valence electrons. The Morgan fingerprint density at radius 3 is 0.953 bits per heavy atom. The number of unbranched alkanes of at least 4 members (excludes halogenated alkanes) is 7. The van der Waals surface area contributed by atoms with Crippen LogP contribution in [0.5, 0.6) is 11.5 Å². The lowest BCUT2D eigenvalue weighted by Crippen LogP contribution is -2.57. The Labute approximate surface area is 745 Å². The van der Waals surface area contributed by atoms with E-state index < -0.39 is 119 Å². The molecule has 0 aromatic heterocycles. The molecule has 15 N–H and O–H groups in total. The second kappa shape index (κ2) is 49.9. The zero-order valence-electron chi connectivity index (χ0n) is 72.4. The molecule has 0 fully saturated rings. The van der Waals surface area contributed by atoms with Crippen LogP contribution in [-0.4, -0.2) is 143 Å². The predicted molar refractivity (Wildman–Crippen MR) is 481 cm³/mol. The quantitative estimate of drug-likeness (QED) is 0.0159. The highest BCUT2D eigenvalue weighted by atomic mass is 16.5. The number of rotatable bonds is 53. The van der Waals surface area contributed by atoms with Gasteiger partial charge < -0.3 is 88.8 Å². The van der Waals surface area contributed by atoms with E-state index in [9.17, 15) is 72.5 Å². The molecule has 0 bridgehead atoms. The van der Waals surface area contributed by atoms with Gasteiger partial charge in [-0.15, -0.1) is 0 Å². The summed E-state index contributed by atoms with van der Waals surface area (Å²) in [6.45, 7) is 4.91. The van der Waals surface area contributed by atoms with Gasteiger partial charge in [-0.05, 0) is 135 Å². The number of nitrogens with one attached hydrogen (secondary N) is 13. The molecule has 8 aromatic carbocycles. The number of fused-ring (bicyclic) bond motifs is 2. The summed E-state index contributed by atoms with van der Waals surface area (Å²) in [7, 11) is 0. The van der Waals surface area contributed by atoms with E-state index in [4.69, 9.17) is 9.47 Å². The normalized spacial score (nSPS) is 15.5. The zero-order valence-corrected chi connectivity index (χ0v) is 72.4. The molecule has 128 heavy (non-hydrogen) atoms. The van der Waals surface area contributed by atoms with Crippen molar-refractivity contribution in [2.75, 3.05) is 30.3 Å². The highest BCUT2D eigenvalue weighted by molar-refractivity contribution is 6.07. The number of hydrogen-bond donors (Lipinski definition) is 15. The van der Waals surface area contributed by atoms with Crippen molar-refractivity contribution >= 4 is 88.2 Å². The van der Waals surface area contributed by atoms with Gasteiger partial charge in [0.2, 0.25) is 65.0 Å². The van der Waals surface area contributed by atoms with Crippen LogP contribution in [0.15, 0.2) is 218 Å². The smallest absolute Gasteiger partial charge is 0.261 e. The van der Waals surface area contributed by atoms with E-state index in [0.29, 0.717) is 144 Å². The molecule has 0 aliphatic carbocycles. The van der Waals surface area contributed by atoms with Crippen molar-refractivity contribution in [2.45, 2.75) is 216 Å². The summed E-state index contributed by atoms with van der Waals surface area (Å²) in [6, 6.07) is 56.6. The minimum atomic E-state index is -2.19. The first-order chi connectivity index (χ1) is 61.9. The lowest BCUT2D eigenvalue weighted by Gasteiger charge is -2.28. The van der Waals surface area contributed by atoms with E-state index in [1.807, 2.05) is 72.8 Å². The third-order valence-corrected chi connectivity index (χ3v) is 22.2. The van der Waals surface area contributed by atoms with E-state index in [1.165, 1.54) is 13.8 Å². The Morgan fingerprint density at radius 1 is 0.305 bits per heavy atom. The van der Waals surface area contributed by atoms with Crippen LogP contribution in [0, 0.1) is 0 Å². The van der Waals surface area contributed by atoms with Gasteiger partial charge in [0, 0.05) is 113 Å². The standard InChI is InChI=1S/C98H117N13O17/c1-66(89(117)108-82(91(119)102-62-70-30-10-3-11-31-70)60-97(125)76-38-21-23-40-78(76)110-95(97)123)104-93(121)80(58-68-47-51-74(52-48-68)127-64-72-34-14-5-15-35-72)106-87(115)45-20-9-29-57-100-85(113)43-18-7-27-55-99-84(112)42-19-8-28-56-101-86(114)44-25-26-46-88(116)107-81(59-69-49-53-75(54-50-69)128-65-73-36-16-6-17-37-73)94(122)105-67(2)90(118)109-83(92(120)103-63-71-32-12-4-13-33-71)61-98(126)77-39-22-24-41-79(77)111-96(98)124/h3-6,10-17,21-24,30-41,47-54,66-67,80-83,125-126H,7-9,18-20,25-29,42-46,55-65H2,1-2H3,(H,99,112)(H,100,113)(H,101,114)(H,102,119)(H,103,120)(H,104,121)(H,105,122)(H,106,115)(H,107,116)(H,108,117)(H,109,118)(H,110,123)(H,111,124)/t66-,67-,80-,81-,82-,83-,97+,98+/m0/s1. The number of carbonyl (C=O) groups is 13. The number of anilines is 2. The Bertz CT molecular complexity index is 5030. The summed E-state index contributed by atoms with van der Waals surface area (Å²) in [5, 5.41) is 59.6. The SMILES string of the molecule is C[C@H](NC(=O)[C@H](Cc1ccc(OCc2ccccc2)cc1)NC(=O)CCCCCNC(=O)CCCCCNC(=O)CCCCCNC(=O)CCCCC(=O)N[C@@H](Cc1ccc(OCc2ccccc2)cc1)C(=O)N[C@@H](C)C(=O)N[C@@H](C[C@]1(O)C(=O)Nc2ccccc21)C(=O)NCc1ccccc1)C(=O)N[C@@H](C[C@]1(O)C(=O)Nc2ccccc21)C(=O)NCc1ccccc1. The van der Waals surface area contributed by atoms with E-state index in [0.717, 1.165) is 28.7 Å². The summed E-state index contributed by atoms with van der Waals surface area (Å²) in [5.41, 5.74) is 1.63. The maximum atomic E-state index is 14.2. The second-order valence-corrected chi connectivity index (χ2v) is 32.3. The zero-order chi connectivity index (χ0) is 91.1. The minimum absolute atomic E-state index is 0.0124. The minimum Gasteiger partial charge on any atom is -0.489 e. The van der Waals surface area contributed by atoms with Gasteiger partial charge in [-0.2, -0.15) is 0 Å². The van der Waals surface area contributed by atoms with Crippen LogP contribution in [0.2, 0.25) is 0 Å². The van der Waals surface area contributed by atoms with Crippen LogP contribution < -0.4 is 78.6 Å². The molecular weight excluding hydrogens is 1630 g/mol. The van der Waals surface area contributed by atoms with Gasteiger partial charge in [-0.3, -0.25) is 62.3 Å². The number of amides is 13. The van der Waals surface area contributed by atoms with Crippen molar-refractivity contribution in [3.63, 3.8) is 0 Å². The topological polar surface area (TPSA) is 437 Å². The first-order valence-electron chi connectivity index (χ1n) is 43.9. The lowest BCUT2D eigenvalue weighted by atomic mass is 9.88. The maximum Gasteiger partial charge on any atom is 0.261 e. The molecule has 0 unspecified atom stereocenters. The molecule has 0 radical (unpaired) electrons. The second-order valence-electron chi connectivity index (χ2n) is 32.3. The summed E-state index contributed by atoms with van der Waals surface area (Å²) in [6.07, 6.45) is 6.10. The van der Waals surface area contributed by atoms with E-state index in [-0.39, 0.29) is 74.0 Å². The molecule has 10 rings (SSSR count). The van der Waals surface area contributed by atoms with E-state index in [2.05, 4.69) is 69.1 Å². The number of benzene rings is 8. The van der Waals surface area contributed by atoms with Crippen LogP contribution in [0.3, 0.4) is 0 Å². The fourth-order valence-electron chi connectivity index (χ4n) is 14.8. The summed E-state index contributed by atoms with van der Waals surface area (Å²) >= 11 is 0. The number of hydrogen-bond acceptors (Lipinski definition) is 17. The Morgan fingerprint density at radius 2 is 0.609 bits per heavy atom. The highest BCUT2D eigenvalue weighted by Crippen LogP contribution is 2.41. The summed E-state index contributed by atoms with van der Waals surface area (Å²) in [5.74, 6) is -6.02. The fourth-order valence-corrected chi connectivity index (χ4v) is 14.8. The van der Waals surface area contributed by atoms with Crippen LogP contribution >= 0.6 is 0 Å². The molecule has 2 aliphatic heterocycles. The predicted octanol–water partition coefficient (Wildman–Crippen LogP) is 8.26. The van der Waals surface area contributed by atoms with Crippen molar-refractivity contribution in [1.29, 1.82) is 0 Å². The largest absolute Gasteiger partial charge is 0.489 e. The van der Waals surface area contributed by atoms with Crippen LogP contribution in [-0.2, 0) is 113 Å². The van der Waals surface area contributed by atoms with Crippen molar-refractivity contribution in [3.05, 3.63) is 263 Å². The van der Waals surface area contributed by atoms with Crippen molar-refractivity contribution < 1.29 is 82.0 Å². The highest BCUT2D eigenvalue weighted by Gasteiger charge is 2.50. The van der Waals surface area contributed by atoms with Gasteiger partial charge in [0.05, 0.1) is 0 Å². The van der Waals surface area contributed by atoms with Gasteiger partial charge in [-0.1, -0.05) is 201 Å². The molecule has 0 spiro atoms. The molecule has 30 nitrogen and oxygen atoms in total. The Kier molecular flexibility index (Phi) is 37.7. The lowest BCUT2D eigenvalue weighted by molar-refractivity contribution is -0.139. The van der Waals surface area contributed by atoms with Crippen molar-refractivity contribution in [3.8, 4) is 11.5 Å². The van der Waals surface area contributed by atoms with Gasteiger partial charge in [0.15, 0.2) is 11.2 Å². The number of para-hydroxylation sites is 2. The molecule has 0 saturated heterocycles. The number of carbonyl (C=O) groups excluding carboxylic acids is 13. The van der Waals surface area contributed by atoms with Gasteiger partial charge >= 0.3 is 0 Å². The molecular formula is C98H117N13O17. The third kappa shape index (κ3) is 30.9. The molecule has 2 heterocycles. The Balaban J connectivity index is 0.586. The van der Waals surface area contributed by atoms with Gasteiger partial charge in [0.1, 0.15) is 61.0 Å². The molecule has 30 heteroatoms. The average molecular weight is 1750 g/mol. The van der Waals surface area contributed by atoms with Crippen LogP contribution in [0.25, 0.3) is 0 Å². The average Bonchev–Trinajstić information content (AvgIpc) is 1.61. The summed E-state index contributed by atoms with van der Waals surface area (Å²) in [4.78, 5) is 176. The third-order valence-electron chi connectivity index (χ3n) is 22.2. The summed E-state index contributed by atoms with van der Waals surface area (Å²) < 4.78 is 11.9. The molecule has 0 saturated carbocycles. The van der Waals surface area contributed by atoms with Crippen LogP contribution in [0.1, 0.15) is 174 Å². The number of aliphatic hydroxyl groups is 2. The monoisotopic (exact) mass is 1750 g/mol. The van der Waals surface area contributed by atoms with E-state index >= 15 is 0 Å². The van der Waals surface area contributed by atoms with Crippen molar-refractivity contribution in [2.24, 2.45) is 0 Å². The maximum absolute atomic E-state index is 14.2. The van der Waals surface area contributed by atoms with Crippen molar-refractivity contribution in [1.82, 2.24) is 58.5 Å². The number of ether oxygens (including phenoxy) is 2.